The Bertz CT molecular complexity index is 1190. The summed E-state index contributed by atoms with van der Waals surface area (Å²) in [5.41, 5.74) is 0.722. The number of carboxylic acid groups (broad SMARTS) is 1. The van der Waals surface area contributed by atoms with Crippen molar-refractivity contribution in [1.82, 2.24) is 25.1 Å². The highest BCUT2D eigenvalue weighted by Crippen LogP contribution is 2.48. The summed E-state index contributed by atoms with van der Waals surface area (Å²) < 4.78 is 24.2. The van der Waals surface area contributed by atoms with E-state index in [4.69, 9.17) is 9.05 Å². The van der Waals surface area contributed by atoms with Gasteiger partial charge in [0.25, 0.3) is 5.91 Å². The first-order valence-electron chi connectivity index (χ1n) is 12.6. The molecule has 1 fully saturated rings. The quantitative estimate of drug-likeness (QED) is 0.390. The van der Waals surface area contributed by atoms with E-state index >= 15 is 0 Å². The normalized spacial score (nSPS) is 14.6. The third-order valence-electron chi connectivity index (χ3n) is 5.96. The standard InChI is InChI=1S/C25H35N6O7P/c1-5-37-39(36,38-6-2)17-20(24(33)30-12-14-31(15-13-30)25(34)35)27-23(32)19-16-21(29(3)4)28-22(26-19)18-10-8-7-9-11-18/h7-11,16,20H,5-6,12-15,17H2,1-4H3,(H,27,32)(H,34,35)/t20-/m0/s1. The molecular formula is C25H35N6O7P. The summed E-state index contributed by atoms with van der Waals surface area (Å²) in [5.74, 6) is -0.372. The highest BCUT2D eigenvalue weighted by molar-refractivity contribution is 7.54. The van der Waals surface area contributed by atoms with E-state index < -0.39 is 37.7 Å². The van der Waals surface area contributed by atoms with Gasteiger partial charge in [-0.3, -0.25) is 14.2 Å². The van der Waals surface area contributed by atoms with Crippen LogP contribution in [0.1, 0.15) is 24.3 Å². The summed E-state index contributed by atoms with van der Waals surface area (Å²) in [7, 11) is -0.186. The van der Waals surface area contributed by atoms with Crippen molar-refractivity contribution in [2.24, 2.45) is 0 Å². The van der Waals surface area contributed by atoms with Crippen molar-refractivity contribution in [3.8, 4) is 11.4 Å². The Morgan fingerprint density at radius 1 is 1.03 bits per heavy atom. The maximum atomic E-state index is 13.6. The molecule has 0 bridgehead atoms. The summed E-state index contributed by atoms with van der Waals surface area (Å²) >= 11 is 0. The molecule has 0 aliphatic carbocycles. The highest BCUT2D eigenvalue weighted by Gasteiger charge is 2.37. The first-order valence-corrected chi connectivity index (χ1v) is 14.4. The Balaban J connectivity index is 1.92. The molecule has 1 aromatic heterocycles. The number of aromatic nitrogens is 2. The van der Waals surface area contributed by atoms with Crippen LogP contribution in [0.3, 0.4) is 0 Å². The molecule has 3 rings (SSSR count). The monoisotopic (exact) mass is 562 g/mol. The number of anilines is 1. The summed E-state index contributed by atoms with van der Waals surface area (Å²) in [6, 6.07) is 9.39. The van der Waals surface area contributed by atoms with Crippen LogP contribution in [0.5, 0.6) is 0 Å². The molecule has 1 saturated heterocycles. The van der Waals surface area contributed by atoms with Crippen LogP contribution in [0.2, 0.25) is 0 Å². The molecule has 14 heteroatoms. The van der Waals surface area contributed by atoms with Gasteiger partial charge in [-0.1, -0.05) is 30.3 Å². The number of carbonyl (C=O) groups is 3. The van der Waals surface area contributed by atoms with Crippen LogP contribution in [-0.2, 0) is 18.4 Å². The number of piperazine rings is 1. The molecule has 39 heavy (non-hydrogen) atoms. The first-order chi connectivity index (χ1) is 18.6. The van der Waals surface area contributed by atoms with Crippen molar-refractivity contribution in [2.75, 3.05) is 64.5 Å². The topological polar surface area (TPSA) is 154 Å². The maximum Gasteiger partial charge on any atom is 0.407 e. The van der Waals surface area contributed by atoms with Gasteiger partial charge in [0, 0.05) is 51.9 Å². The van der Waals surface area contributed by atoms with Gasteiger partial charge in [0.15, 0.2) is 5.82 Å². The molecule has 0 radical (unpaired) electrons. The molecule has 13 nitrogen and oxygen atoms in total. The lowest BCUT2D eigenvalue weighted by Crippen LogP contribution is -2.56. The number of hydrogen-bond donors (Lipinski definition) is 2. The van der Waals surface area contributed by atoms with E-state index in [0.717, 1.165) is 0 Å². The molecule has 0 saturated carbocycles. The fraction of sp³-hybridized carbons (Fsp3) is 0.480. The van der Waals surface area contributed by atoms with Gasteiger partial charge in [-0.05, 0) is 13.8 Å². The average Bonchev–Trinajstić information content (AvgIpc) is 2.92. The van der Waals surface area contributed by atoms with Gasteiger partial charge < -0.3 is 34.2 Å². The van der Waals surface area contributed by atoms with Gasteiger partial charge in [0.1, 0.15) is 17.6 Å². The number of amides is 3. The fourth-order valence-electron chi connectivity index (χ4n) is 4.01. The molecular weight excluding hydrogens is 527 g/mol. The van der Waals surface area contributed by atoms with Gasteiger partial charge in [-0.15, -0.1) is 0 Å². The Kier molecular flexibility index (Phi) is 10.4. The van der Waals surface area contributed by atoms with Crippen molar-refractivity contribution >= 4 is 31.3 Å². The zero-order valence-electron chi connectivity index (χ0n) is 22.6. The molecule has 1 aliphatic rings. The molecule has 212 valence electrons. The SMILES string of the molecule is CCOP(=O)(C[C@H](NC(=O)c1cc(N(C)C)nc(-c2ccccc2)n1)C(=O)N1CCN(C(=O)O)CC1)OCC. The number of carbonyl (C=O) groups excluding carboxylic acids is 2. The van der Waals surface area contributed by atoms with Gasteiger partial charge in [-0.25, -0.2) is 14.8 Å². The summed E-state index contributed by atoms with van der Waals surface area (Å²) in [6.07, 6.45) is -1.46. The highest BCUT2D eigenvalue weighted by atomic mass is 31.2. The first kappa shape index (κ1) is 30.0. The van der Waals surface area contributed by atoms with Crippen LogP contribution in [0.25, 0.3) is 11.4 Å². The molecule has 1 aliphatic heterocycles. The number of rotatable bonds is 11. The van der Waals surface area contributed by atoms with Crippen LogP contribution >= 0.6 is 7.60 Å². The fourth-order valence-corrected chi connectivity index (χ4v) is 5.78. The van der Waals surface area contributed by atoms with E-state index in [1.807, 2.05) is 30.3 Å². The maximum absolute atomic E-state index is 13.6. The van der Waals surface area contributed by atoms with E-state index in [1.54, 1.807) is 32.8 Å². The van der Waals surface area contributed by atoms with Crippen molar-refractivity contribution in [3.63, 3.8) is 0 Å². The molecule has 2 N–H and O–H groups in total. The Morgan fingerprint density at radius 2 is 1.62 bits per heavy atom. The van der Waals surface area contributed by atoms with Crippen molar-refractivity contribution in [3.05, 3.63) is 42.1 Å². The summed E-state index contributed by atoms with van der Waals surface area (Å²) in [5, 5.41) is 11.9. The van der Waals surface area contributed by atoms with E-state index in [9.17, 15) is 24.1 Å². The van der Waals surface area contributed by atoms with Gasteiger partial charge in [0.05, 0.1) is 19.4 Å². The van der Waals surface area contributed by atoms with Crippen molar-refractivity contribution in [2.45, 2.75) is 19.9 Å². The van der Waals surface area contributed by atoms with Crippen molar-refractivity contribution < 1.29 is 33.1 Å². The third kappa shape index (κ3) is 7.98. The number of nitrogens with zero attached hydrogens (tertiary/aromatic N) is 5. The van der Waals surface area contributed by atoms with Crippen LogP contribution in [0, 0.1) is 0 Å². The average molecular weight is 563 g/mol. The second kappa shape index (κ2) is 13.5. The number of benzene rings is 1. The van der Waals surface area contributed by atoms with Crippen LogP contribution in [0.4, 0.5) is 10.6 Å². The lowest BCUT2D eigenvalue weighted by atomic mass is 10.2. The Hall–Kier alpha value is -3.54. The largest absolute Gasteiger partial charge is 0.465 e. The molecule has 1 aromatic carbocycles. The minimum atomic E-state index is -3.75. The van der Waals surface area contributed by atoms with E-state index in [2.05, 4.69) is 15.3 Å². The van der Waals surface area contributed by atoms with E-state index in [1.165, 1.54) is 15.9 Å². The predicted octanol–water partition coefficient (Wildman–Crippen LogP) is 2.40. The third-order valence-corrected chi connectivity index (χ3v) is 8.07. The number of hydrogen-bond acceptors (Lipinski definition) is 9. The van der Waals surface area contributed by atoms with E-state index in [-0.39, 0.29) is 45.1 Å². The number of nitrogens with one attached hydrogen (secondary N) is 1. The minimum Gasteiger partial charge on any atom is -0.465 e. The molecule has 3 amide bonds. The predicted molar refractivity (Wildman–Crippen MR) is 145 cm³/mol. The van der Waals surface area contributed by atoms with Gasteiger partial charge >= 0.3 is 13.7 Å². The zero-order chi connectivity index (χ0) is 28.6. The molecule has 0 spiro atoms. The van der Waals surface area contributed by atoms with Gasteiger partial charge in [-0.2, -0.15) is 0 Å². The molecule has 2 aromatic rings. The van der Waals surface area contributed by atoms with Crippen LogP contribution in [-0.4, -0.2) is 108 Å². The Labute approximate surface area is 227 Å². The van der Waals surface area contributed by atoms with Gasteiger partial charge in [0.2, 0.25) is 5.91 Å². The lowest BCUT2D eigenvalue weighted by molar-refractivity contribution is -0.134. The van der Waals surface area contributed by atoms with Crippen LogP contribution in [0.15, 0.2) is 36.4 Å². The Morgan fingerprint density at radius 3 is 2.15 bits per heavy atom. The minimum absolute atomic E-state index is 0.0173. The van der Waals surface area contributed by atoms with Crippen LogP contribution < -0.4 is 10.2 Å². The molecule has 1 atom stereocenters. The molecule has 0 unspecified atom stereocenters. The second-order valence-electron chi connectivity index (χ2n) is 8.95. The van der Waals surface area contributed by atoms with Crippen molar-refractivity contribution in [1.29, 1.82) is 0 Å². The summed E-state index contributed by atoms with van der Waals surface area (Å²) in [4.78, 5) is 51.7. The molecule has 2 heterocycles. The lowest BCUT2D eigenvalue weighted by Gasteiger charge is -2.35. The summed E-state index contributed by atoms with van der Waals surface area (Å²) in [6.45, 7) is 3.97. The van der Waals surface area contributed by atoms with E-state index in [0.29, 0.717) is 17.2 Å². The smallest absolute Gasteiger partial charge is 0.407 e. The second-order valence-corrected chi connectivity index (χ2v) is 11.0. The zero-order valence-corrected chi connectivity index (χ0v) is 23.5.